The van der Waals surface area contributed by atoms with Gasteiger partial charge in [0.2, 0.25) is 12.0 Å². The number of carbonyl (C=O) groups excluding carboxylic acids is 3. The molecule has 0 amide bonds. The standard InChI is InChI=1S/C27H29NO10.C9H11F2N3O4/c1-10-22(30)14(28)7-17(37-10)38-16-9-27(35,11(2)29)8-13-19(16)26(34)21-20(24(13)32)23(31)12-5-4-6-15(36-3)18(12)25(21)33;10-9(11)6(16)4(3-15)18-7(9)14-2-1-5(12)13-8(14)17/h4-6,10,14,16-17,22,30,32,34-35H,7-9,28H2,1-3H3;1-2,4,6-7,15-16H,3H2,(H2,12,13,17)/t10-,14-,16-,17-,22+,27-;4-,6-,7-/m01/s1. The average Bonchev–Trinajstić information content (AvgIpc) is 3.37. The van der Waals surface area contributed by atoms with Crippen LogP contribution >= 0.6 is 0 Å². The lowest BCUT2D eigenvalue weighted by Gasteiger charge is -2.42. The molecule has 9 atom stereocenters. The van der Waals surface area contributed by atoms with Crippen LogP contribution in [0.3, 0.4) is 0 Å². The maximum atomic E-state index is 13.7. The van der Waals surface area contributed by atoms with Crippen molar-refractivity contribution in [3.8, 4) is 17.2 Å². The van der Waals surface area contributed by atoms with E-state index >= 15 is 0 Å². The molecule has 302 valence electrons. The lowest BCUT2D eigenvalue weighted by atomic mass is 9.72. The number of halogens is 2. The summed E-state index contributed by atoms with van der Waals surface area (Å²) in [5.41, 5.74) is 7.18. The summed E-state index contributed by atoms with van der Waals surface area (Å²) in [4.78, 5) is 54.3. The van der Waals surface area contributed by atoms with E-state index in [0.29, 0.717) is 4.57 Å². The molecule has 2 aromatic carbocycles. The number of anilines is 1. The summed E-state index contributed by atoms with van der Waals surface area (Å²) in [6, 6.07) is 4.90. The van der Waals surface area contributed by atoms with Crippen molar-refractivity contribution < 1.29 is 72.8 Å². The molecule has 2 aliphatic carbocycles. The largest absolute Gasteiger partial charge is 0.507 e. The topological polar surface area (TPSA) is 296 Å². The summed E-state index contributed by atoms with van der Waals surface area (Å²) >= 11 is 0. The minimum atomic E-state index is -3.71. The fraction of sp³-hybridized carbons (Fsp3) is 0.472. The van der Waals surface area contributed by atoms with Crippen molar-refractivity contribution in [2.24, 2.45) is 5.73 Å². The Morgan fingerprint density at radius 3 is 2.34 bits per heavy atom. The summed E-state index contributed by atoms with van der Waals surface area (Å²) in [6.45, 7) is 2.00. The zero-order chi connectivity index (χ0) is 41.2. The number of benzene rings is 2. The van der Waals surface area contributed by atoms with Crippen LogP contribution in [0.15, 0.2) is 35.3 Å². The maximum Gasteiger partial charge on any atom is 0.351 e. The number of carbonyl (C=O) groups is 3. The number of ether oxygens (including phenoxy) is 4. The molecule has 56 heavy (non-hydrogen) atoms. The van der Waals surface area contributed by atoms with Gasteiger partial charge >= 0.3 is 11.6 Å². The zero-order valence-corrected chi connectivity index (χ0v) is 30.1. The number of ketones is 3. The molecular weight excluding hydrogens is 750 g/mol. The molecule has 10 N–H and O–H groups in total. The van der Waals surface area contributed by atoms with Crippen LogP contribution in [0.1, 0.15) is 82.0 Å². The van der Waals surface area contributed by atoms with Crippen LogP contribution in [0.25, 0.3) is 0 Å². The number of aliphatic hydroxyl groups excluding tert-OH is 3. The van der Waals surface area contributed by atoms with E-state index in [-0.39, 0.29) is 46.7 Å². The second kappa shape index (κ2) is 14.9. The summed E-state index contributed by atoms with van der Waals surface area (Å²) < 4.78 is 49.8. The molecule has 0 spiro atoms. The molecule has 2 saturated heterocycles. The number of rotatable bonds is 6. The number of aromatic nitrogens is 2. The molecule has 7 rings (SSSR count). The van der Waals surface area contributed by atoms with Crippen LogP contribution in [-0.2, 0) is 25.4 Å². The number of methoxy groups -OCH3 is 1. The summed E-state index contributed by atoms with van der Waals surface area (Å²) in [7, 11) is 1.34. The van der Waals surface area contributed by atoms with Crippen LogP contribution < -0.4 is 21.9 Å². The Labute approximate surface area is 315 Å². The summed E-state index contributed by atoms with van der Waals surface area (Å²) in [6.07, 6.45) is -9.22. The smallest absolute Gasteiger partial charge is 0.351 e. The van der Waals surface area contributed by atoms with Gasteiger partial charge in [-0.25, -0.2) is 4.79 Å². The third kappa shape index (κ3) is 6.70. The Hall–Kier alpha value is -4.93. The molecule has 1 aromatic heterocycles. The lowest BCUT2D eigenvalue weighted by molar-refractivity contribution is -0.247. The zero-order valence-electron chi connectivity index (χ0n) is 30.1. The van der Waals surface area contributed by atoms with Gasteiger partial charge in [0.15, 0.2) is 24.0 Å². The van der Waals surface area contributed by atoms with E-state index in [9.17, 15) is 53.5 Å². The van der Waals surface area contributed by atoms with Crippen LogP contribution in [0, 0.1) is 0 Å². The number of nitrogens with two attached hydrogens (primary N) is 2. The van der Waals surface area contributed by atoms with Crippen molar-refractivity contribution in [1.29, 1.82) is 0 Å². The minimum Gasteiger partial charge on any atom is -0.507 e. The highest BCUT2D eigenvalue weighted by Gasteiger charge is 2.59. The number of aromatic hydroxyl groups is 2. The molecule has 3 aromatic rings. The molecule has 4 aliphatic rings. The van der Waals surface area contributed by atoms with Crippen molar-refractivity contribution in [2.75, 3.05) is 19.5 Å². The van der Waals surface area contributed by atoms with Gasteiger partial charge in [-0.2, -0.15) is 13.8 Å². The van der Waals surface area contributed by atoms with E-state index < -0.39 is 119 Å². The Morgan fingerprint density at radius 1 is 1.07 bits per heavy atom. The molecule has 20 heteroatoms. The third-order valence-corrected chi connectivity index (χ3v) is 10.5. The third-order valence-electron chi connectivity index (χ3n) is 10.5. The van der Waals surface area contributed by atoms with Gasteiger partial charge in [-0.05, 0) is 26.0 Å². The molecule has 0 saturated carbocycles. The molecule has 2 fully saturated rings. The first-order valence-corrected chi connectivity index (χ1v) is 17.3. The van der Waals surface area contributed by atoms with E-state index in [1.54, 1.807) is 6.92 Å². The molecular formula is C36H40F2N4O14. The molecule has 2 aliphatic heterocycles. The van der Waals surface area contributed by atoms with Crippen molar-refractivity contribution in [3.63, 3.8) is 0 Å². The van der Waals surface area contributed by atoms with E-state index in [0.717, 1.165) is 12.3 Å². The van der Waals surface area contributed by atoms with Gasteiger partial charge in [-0.15, -0.1) is 0 Å². The van der Waals surface area contributed by atoms with Gasteiger partial charge in [0, 0.05) is 48.2 Å². The summed E-state index contributed by atoms with van der Waals surface area (Å²) in [5.74, 6) is -7.00. The van der Waals surface area contributed by atoms with E-state index in [1.807, 2.05) is 0 Å². The van der Waals surface area contributed by atoms with Gasteiger partial charge < -0.3 is 61.1 Å². The molecule has 0 radical (unpaired) electrons. The fourth-order valence-corrected chi connectivity index (χ4v) is 7.38. The van der Waals surface area contributed by atoms with Crippen molar-refractivity contribution in [1.82, 2.24) is 9.55 Å². The number of aliphatic hydroxyl groups is 4. The molecule has 0 unspecified atom stereocenters. The predicted molar refractivity (Wildman–Crippen MR) is 185 cm³/mol. The number of phenolic OH excluding ortho intramolecular Hbond substituents is 2. The quantitative estimate of drug-likeness (QED) is 0.117. The average molecular weight is 791 g/mol. The van der Waals surface area contributed by atoms with E-state index in [4.69, 9.17) is 35.5 Å². The highest BCUT2D eigenvalue weighted by atomic mass is 19.3. The van der Waals surface area contributed by atoms with Crippen LogP contribution in [0.2, 0.25) is 0 Å². The first kappa shape index (κ1) is 40.7. The number of hydrogen-bond acceptors (Lipinski definition) is 17. The SMILES string of the molecule is COc1cccc2c1C(=O)c1c(O)c3c(c(O)c1C2=O)C[C@@](O)(C(C)=O)C[C@@H]3O[C@H]1C[C@H](N)[C@H](O)[C@H](C)O1.Nc1ccn([C@@H]2O[C@H](CO)[C@@H](O)C2(F)F)c(=O)n1. The van der Waals surface area contributed by atoms with Crippen molar-refractivity contribution in [2.45, 2.75) is 93.7 Å². The van der Waals surface area contributed by atoms with Gasteiger partial charge in [-0.1, -0.05) is 12.1 Å². The van der Waals surface area contributed by atoms with Gasteiger partial charge in [0.05, 0.1) is 48.7 Å². The van der Waals surface area contributed by atoms with Gasteiger partial charge in [-0.3, -0.25) is 19.0 Å². The highest BCUT2D eigenvalue weighted by molar-refractivity contribution is 6.31. The molecule has 0 bridgehead atoms. The molecule has 18 nitrogen and oxygen atoms in total. The second-order valence-electron chi connectivity index (χ2n) is 14.0. The predicted octanol–water partition coefficient (Wildman–Crippen LogP) is -0.260. The Morgan fingerprint density at radius 2 is 1.75 bits per heavy atom. The fourth-order valence-electron chi connectivity index (χ4n) is 7.38. The van der Waals surface area contributed by atoms with Gasteiger partial charge in [0.25, 0.3) is 0 Å². The van der Waals surface area contributed by atoms with Crippen molar-refractivity contribution in [3.05, 3.63) is 74.3 Å². The monoisotopic (exact) mass is 790 g/mol. The van der Waals surface area contributed by atoms with Gasteiger partial charge in [0.1, 0.15) is 34.8 Å². The van der Waals surface area contributed by atoms with E-state index in [2.05, 4.69) is 4.98 Å². The van der Waals surface area contributed by atoms with Crippen LogP contribution in [0.5, 0.6) is 17.2 Å². The normalized spacial score (nSPS) is 30.4. The Balaban J connectivity index is 0.000000247. The number of Topliss-reactive ketones (excluding diaryl/α,β-unsaturated/α-hetero) is 1. The Bertz CT molecular complexity index is 2140. The van der Waals surface area contributed by atoms with Crippen LogP contribution in [-0.4, -0.2) is 120 Å². The molecule has 3 heterocycles. The first-order valence-electron chi connectivity index (χ1n) is 17.3. The number of phenols is 2. The number of nitrogen functional groups attached to an aromatic ring is 1. The number of hydrogen-bond donors (Lipinski definition) is 8. The second-order valence-corrected chi connectivity index (χ2v) is 14.0. The minimum absolute atomic E-state index is 0.0147. The Kier molecular flexibility index (Phi) is 10.8. The number of fused-ring (bicyclic) bond motifs is 3. The number of alkyl halides is 2. The van der Waals surface area contributed by atoms with Crippen LogP contribution in [0.4, 0.5) is 14.6 Å². The lowest BCUT2D eigenvalue weighted by Crippen LogP contribution is -2.52. The van der Waals surface area contributed by atoms with Crippen molar-refractivity contribution >= 4 is 23.2 Å². The first-order chi connectivity index (χ1) is 26.3. The maximum absolute atomic E-state index is 13.7. The number of nitrogens with zero attached hydrogens (tertiary/aromatic N) is 2. The summed E-state index contributed by atoms with van der Waals surface area (Å²) in [5, 5.41) is 62.2. The van der Waals surface area contributed by atoms with E-state index in [1.165, 1.54) is 32.2 Å². The highest BCUT2D eigenvalue weighted by Crippen LogP contribution is 2.52.